The van der Waals surface area contributed by atoms with Gasteiger partial charge in [0.15, 0.2) is 0 Å². The normalized spacial score (nSPS) is 17.3. The molecule has 196 valence electrons. The lowest BCUT2D eigenvalue weighted by Gasteiger charge is -2.40. The van der Waals surface area contributed by atoms with Gasteiger partial charge in [-0.15, -0.1) is 0 Å². The van der Waals surface area contributed by atoms with Crippen molar-refractivity contribution in [3.63, 3.8) is 0 Å². The molecule has 4 aromatic rings. The highest BCUT2D eigenvalue weighted by atomic mass is 35.5. The molecule has 5 rings (SSSR count). The molecule has 0 spiro atoms. The first-order valence-electron chi connectivity index (χ1n) is 11.7. The standard InChI is InChI=1S/C28H24Cl2N2O4S2/c1-31(37(33,34)21-15-11-19(29)12-16-21)27-23-7-3-5-9-25(23)28(26-10-6-4-8-24(26)27)32(2)38(35,36)22-17-13-20(30)14-18-22/h3-18,27-28H,1-2H3. The number of halogens is 2. The molecule has 6 nitrogen and oxygen atoms in total. The molecule has 0 N–H and O–H groups in total. The Hall–Kier alpha value is -2.72. The second-order valence-electron chi connectivity index (χ2n) is 9.01. The maximum absolute atomic E-state index is 13.7. The molecule has 0 saturated heterocycles. The second-order valence-corrected chi connectivity index (χ2v) is 13.9. The molecular weight excluding hydrogens is 563 g/mol. The molecule has 1 aliphatic rings. The summed E-state index contributed by atoms with van der Waals surface area (Å²) in [5.74, 6) is 0. The van der Waals surface area contributed by atoms with E-state index < -0.39 is 32.1 Å². The average molecular weight is 588 g/mol. The van der Waals surface area contributed by atoms with Gasteiger partial charge in [0.05, 0.1) is 21.9 Å². The van der Waals surface area contributed by atoms with Crippen molar-refractivity contribution >= 4 is 43.2 Å². The van der Waals surface area contributed by atoms with E-state index in [-0.39, 0.29) is 9.79 Å². The highest BCUT2D eigenvalue weighted by Crippen LogP contribution is 2.47. The number of nitrogens with zero attached hydrogens (tertiary/aromatic N) is 2. The second kappa shape index (κ2) is 10.1. The summed E-state index contributed by atoms with van der Waals surface area (Å²) in [6, 6.07) is 25.4. The van der Waals surface area contributed by atoms with Gasteiger partial charge in [0, 0.05) is 24.1 Å². The molecule has 0 atom stereocenters. The van der Waals surface area contributed by atoms with Crippen LogP contribution >= 0.6 is 23.2 Å². The van der Waals surface area contributed by atoms with Crippen molar-refractivity contribution in [3.05, 3.63) is 129 Å². The molecule has 38 heavy (non-hydrogen) atoms. The van der Waals surface area contributed by atoms with Crippen molar-refractivity contribution in [1.82, 2.24) is 8.61 Å². The zero-order valence-electron chi connectivity index (χ0n) is 20.5. The van der Waals surface area contributed by atoms with E-state index in [0.29, 0.717) is 32.3 Å². The van der Waals surface area contributed by atoms with E-state index in [2.05, 4.69) is 0 Å². The number of benzene rings is 4. The number of sulfonamides is 2. The largest absolute Gasteiger partial charge is 0.243 e. The van der Waals surface area contributed by atoms with Crippen molar-refractivity contribution in [2.45, 2.75) is 21.9 Å². The van der Waals surface area contributed by atoms with Crippen LogP contribution in [0.4, 0.5) is 0 Å². The first-order valence-corrected chi connectivity index (χ1v) is 15.3. The summed E-state index contributed by atoms with van der Waals surface area (Å²) in [7, 11) is -4.77. The van der Waals surface area contributed by atoms with Crippen molar-refractivity contribution in [2.24, 2.45) is 0 Å². The Morgan fingerprint density at radius 1 is 0.500 bits per heavy atom. The lowest BCUT2D eigenvalue weighted by atomic mass is 9.79. The van der Waals surface area contributed by atoms with Crippen LogP contribution in [0.25, 0.3) is 0 Å². The summed E-state index contributed by atoms with van der Waals surface area (Å²) in [6.45, 7) is 0. The quantitative estimate of drug-likeness (QED) is 0.272. The van der Waals surface area contributed by atoms with Crippen LogP contribution in [0.2, 0.25) is 10.0 Å². The Morgan fingerprint density at radius 3 is 1.03 bits per heavy atom. The minimum Gasteiger partial charge on any atom is -0.207 e. The molecule has 0 aliphatic heterocycles. The lowest BCUT2D eigenvalue weighted by molar-refractivity contribution is 0.370. The van der Waals surface area contributed by atoms with E-state index in [4.69, 9.17) is 23.2 Å². The van der Waals surface area contributed by atoms with E-state index in [9.17, 15) is 16.8 Å². The average Bonchev–Trinajstić information content (AvgIpc) is 2.91. The number of fused-ring (bicyclic) bond motifs is 2. The third kappa shape index (κ3) is 4.55. The number of hydrogen-bond acceptors (Lipinski definition) is 4. The molecule has 0 radical (unpaired) electrons. The molecule has 0 aromatic heterocycles. The van der Waals surface area contributed by atoms with E-state index in [1.54, 1.807) is 0 Å². The SMILES string of the molecule is CN(C1c2ccccc2C(N(C)S(=O)(=O)c2ccc(Cl)cc2)c2ccccc21)S(=O)(=O)c1ccc(Cl)cc1. The third-order valence-corrected chi connectivity index (χ3v) is 11.1. The summed E-state index contributed by atoms with van der Waals surface area (Å²) < 4.78 is 57.5. The highest BCUT2D eigenvalue weighted by molar-refractivity contribution is 7.89. The molecule has 1 aliphatic carbocycles. The van der Waals surface area contributed by atoms with Crippen molar-refractivity contribution < 1.29 is 16.8 Å². The first-order chi connectivity index (χ1) is 18.0. The summed E-state index contributed by atoms with van der Waals surface area (Å²) >= 11 is 12.0. The van der Waals surface area contributed by atoms with E-state index >= 15 is 0 Å². The van der Waals surface area contributed by atoms with Crippen LogP contribution in [0.5, 0.6) is 0 Å². The fraction of sp³-hybridized carbons (Fsp3) is 0.143. The number of hydrogen-bond donors (Lipinski definition) is 0. The van der Waals surface area contributed by atoms with Gasteiger partial charge in [-0.05, 0) is 70.8 Å². The van der Waals surface area contributed by atoms with E-state index in [0.717, 1.165) is 0 Å². The summed E-state index contributed by atoms with van der Waals surface area (Å²) in [5.41, 5.74) is 2.81. The van der Waals surface area contributed by atoms with Crippen LogP contribution in [-0.4, -0.2) is 39.5 Å². The molecule has 4 aromatic carbocycles. The van der Waals surface area contributed by atoms with Gasteiger partial charge in [0.25, 0.3) is 0 Å². The van der Waals surface area contributed by atoms with Gasteiger partial charge < -0.3 is 0 Å². The minimum absolute atomic E-state index is 0.115. The smallest absolute Gasteiger partial charge is 0.207 e. The Balaban J connectivity index is 1.66. The molecule has 0 saturated carbocycles. The zero-order valence-corrected chi connectivity index (χ0v) is 23.6. The molecule has 0 amide bonds. The molecule has 0 fully saturated rings. The maximum atomic E-state index is 13.7. The monoisotopic (exact) mass is 586 g/mol. The third-order valence-electron chi connectivity index (χ3n) is 6.88. The number of rotatable bonds is 6. The summed E-state index contributed by atoms with van der Waals surface area (Å²) in [5, 5.41) is 0.875. The fourth-order valence-electron chi connectivity index (χ4n) is 4.96. The molecule has 10 heteroatoms. The maximum Gasteiger partial charge on any atom is 0.243 e. The summed E-state index contributed by atoms with van der Waals surface area (Å²) in [4.78, 5) is 0.229. The van der Waals surface area contributed by atoms with Crippen LogP contribution in [0, 0.1) is 0 Å². The van der Waals surface area contributed by atoms with Crippen LogP contribution in [0.1, 0.15) is 34.3 Å². The molecule has 0 bridgehead atoms. The van der Waals surface area contributed by atoms with Crippen LogP contribution < -0.4 is 0 Å². The Morgan fingerprint density at radius 2 is 0.763 bits per heavy atom. The topological polar surface area (TPSA) is 74.8 Å². The first kappa shape index (κ1) is 26.9. The predicted octanol–water partition coefficient (Wildman–Crippen LogP) is 6.13. The zero-order chi connectivity index (χ0) is 27.2. The van der Waals surface area contributed by atoms with Gasteiger partial charge in [0.2, 0.25) is 20.0 Å². The fourth-order valence-corrected chi connectivity index (χ4v) is 7.85. The Labute approximate surface area is 233 Å². The molecule has 0 heterocycles. The summed E-state index contributed by atoms with van der Waals surface area (Å²) in [6.07, 6.45) is 0. The van der Waals surface area contributed by atoms with Crippen molar-refractivity contribution in [1.29, 1.82) is 0 Å². The van der Waals surface area contributed by atoms with Crippen molar-refractivity contribution in [2.75, 3.05) is 14.1 Å². The van der Waals surface area contributed by atoms with E-state index in [1.807, 2.05) is 48.5 Å². The van der Waals surface area contributed by atoms with E-state index in [1.165, 1.54) is 71.2 Å². The van der Waals surface area contributed by atoms with Gasteiger partial charge in [0.1, 0.15) is 0 Å². The highest BCUT2D eigenvalue weighted by Gasteiger charge is 2.42. The molecular formula is C28H24Cl2N2O4S2. The predicted molar refractivity (Wildman–Crippen MR) is 149 cm³/mol. The van der Waals surface area contributed by atoms with Gasteiger partial charge >= 0.3 is 0 Å². The van der Waals surface area contributed by atoms with Crippen molar-refractivity contribution in [3.8, 4) is 0 Å². The molecule has 0 unspecified atom stereocenters. The van der Waals surface area contributed by atoms with Gasteiger partial charge in [-0.25, -0.2) is 16.8 Å². The van der Waals surface area contributed by atoms with Crippen LogP contribution in [0.3, 0.4) is 0 Å². The van der Waals surface area contributed by atoms with Crippen LogP contribution in [0.15, 0.2) is 107 Å². The Kier molecular flexibility index (Phi) is 7.15. The Bertz CT molecular complexity index is 1530. The lowest BCUT2D eigenvalue weighted by Crippen LogP contribution is -2.40. The van der Waals surface area contributed by atoms with Gasteiger partial charge in [-0.1, -0.05) is 71.7 Å². The van der Waals surface area contributed by atoms with Gasteiger partial charge in [-0.2, -0.15) is 8.61 Å². The van der Waals surface area contributed by atoms with Gasteiger partial charge in [-0.3, -0.25) is 0 Å². The minimum atomic E-state index is -3.92. The van der Waals surface area contributed by atoms with Crippen LogP contribution in [-0.2, 0) is 20.0 Å².